The molecular formula is C17H23N5O3S. The van der Waals surface area contributed by atoms with Crippen molar-refractivity contribution in [3.05, 3.63) is 29.6 Å². The molecule has 0 saturated heterocycles. The molecule has 0 unspecified atom stereocenters. The van der Waals surface area contributed by atoms with E-state index in [1.54, 1.807) is 6.92 Å². The summed E-state index contributed by atoms with van der Waals surface area (Å²) in [7, 11) is 0. The van der Waals surface area contributed by atoms with E-state index in [1.807, 2.05) is 18.2 Å². The number of nitrogens with one attached hydrogen (secondary N) is 1. The van der Waals surface area contributed by atoms with E-state index < -0.39 is 0 Å². The highest BCUT2D eigenvalue weighted by molar-refractivity contribution is 7.99. The summed E-state index contributed by atoms with van der Waals surface area (Å²) in [6.45, 7) is 6.97. The number of hydrogen-bond acceptors (Lipinski definition) is 7. The highest BCUT2D eigenvalue weighted by Crippen LogP contribution is 2.34. The second-order valence-electron chi connectivity index (χ2n) is 6.38. The van der Waals surface area contributed by atoms with Crippen LogP contribution in [0.25, 0.3) is 0 Å². The molecule has 3 rings (SSSR count). The molecule has 2 heterocycles. The number of aromatic nitrogens is 3. The van der Waals surface area contributed by atoms with Gasteiger partial charge in [-0.25, -0.2) is 4.68 Å². The maximum absolute atomic E-state index is 12.4. The van der Waals surface area contributed by atoms with Crippen molar-refractivity contribution in [3.8, 4) is 11.5 Å². The lowest BCUT2D eigenvalue weighted by atomic mass is 9.95. The van der Waals surface area contributed by atoms with E-state index in [9.17, 15) is 4.79 Å². The van der Waals surface area contributed by atoms with Gasteiger partial charge in [-0.3, -0.25) is 4.79 Å². The van der Waals surface area contributed by atoms with Crippen LogP contribution in [0.4, 0.5) is 0 Å². The number of nitrogen functional groups attached to an aromatic ring is 1. The zero-order valence-electron chi connectivity index (χ0n) is 15.1. The number of aryl methyl sites for hydroxylation is 1. The number of amides is 1. The fourth-order valence-corrected chi connectivity index (χ4v) is 3.40. The van der Waals surface area contributed by atoms with Crippen LogP contribution in [0, 0.1) is 12.8 Å². The second-order valence-corrected chi connectivity index (χ2v) is 7.32. The average molecular weight is 377 g/mol. The molecule has 1 aliphatic heterocycles. The summed E-state index contributed by atoms with van der Waals surface area (Å²) in [5.41, 5.74) is 0.987. The van der Waals surface area contributed by atoms with E-state index in [2.05, 4.69) is 29.4 Å². The summed E-state index contributed by atoms with van der Waals surface area (Å²) in [6, 6.07) is 5.66. The quantitative estimate of drug-likeness (QED) is 0.583. The zero-order chi connectivity index (χ0) is 18.7. The van der Waals surface area contributed by atoms with E-state index in [-0.39, 0.29) is 23.6 Å². The van der Waals surface area contributed by atoms with Gasteiger partial charge in [-0.1, -0.05) is 31.7 Å². The Balaban J connectivity index is 1.66. The van der Waals surface area contributed by atoms with Crippen LogP contribution in [0.2, 0.25) is 0 Å². The number of carbonyl (C=O) groups excluding carboxylic acids is 1. The van der Waals surface area contributed by atoms with Gasteiger partial charge >= 0.3 is 0 Å². The topological polar surface area (TPSA) is 104 Å². The zero-order valence-corrected chi connectivity index (χ0v) is 15.9. The van der Waals surface area contributed by atoms with Crippen LogP contribution in [0.15, 0.2) is 23.4 Å². The molecule has 1 atom stereocenters. The first-order valence-electron chi connectivity index (χ1n) is 8.44. The Morgan fingerprint density at radius 3 is 2.69 bits per heavy atom. The van der Waals surface area contributed by atoms with Gasteiger partial charge in [0.25, 0.3) is 0 Å². The first kappa shape index (κ1) is 18.4. The van der Waals surface area contributed by atoms with E-state index in [0.717, 1.165) is 17.1 Å². The minimum Gasteiger partial charge on any atom is -0.486 e. The van der Waals surface area contributed by atoms with Crippen molar-refractivity contribution in [3.63, 3.8) is 0 Å². The smallest absolute Gasteiger partial charge is 0.230 e. The van der Waals surface area contributed by atoms with Gasteiger partial charge < -0.3 is 20.6 Å². The molecule has 0 bridgehead atoms. The molecule has 0 radical (unpaired) electrons. The SMILES string of the molecule is Cc1nnc(SCC(=O)N[C@@H](c2ccc3c(c2)OCCO3)C(C)C)n1N. The van der Waals surface area contributed by atoms with E-state index in [4.69, 9.17) is 15.3 Å². The summed E-state index contributed by atoms with van der Waals surface area (Å²) in [4.78, 5) is 12.4. The second kappa shape index (κ2) is 7.86. The van der Waals surface area contributed by atoms with Gasteiger partial charge in [0, 0.05) is 0 Å². The molecule has 0 spiro atoms. The minimum absolute atomic E-state index is 0.0933. The molecule has 1 aromatic heterocycles. The molecular weight excluding hydrogens is 354 g/mol. The lowest BCUT2D eigenvalue weighted by molar-refractivity contribution is -0.119. The number of benzene rings is 1. The molecule has 2 aromatic rings. The molecule has 0 aliphatic carbocycles. The molecule has 9 heteroatoms. The molecule has 26 heavy (non-hydrogen) atoms. The summed E-state index contributed by atoms with van der Waals surface area (Å²) in [5.74, 6) is 8.20. The third-order valence-corrected chi connectivity index (χ3v) is 5.02. The third-order valence-electron chi connectivity index (χ3n) is 4.08. The summed E-state index contributed by atoms with van der Waals surface area (Å²) >= 11 is 1.26. The third kappa shape index (κ3) is 4.04. The fourth-order valence-electron chi connectivity index (χ4n) is 2.68. The van der Waals surface area contributed by atoms with Gasteiger partial charge in [-0.15, -0.1) is 10.2 Å². The van der Waals surface area contributed by atoms with Crippen LogP contribution in [0.1, 0.15) is 31.3 Å². The lowest BCUT2D eigenvalue weighted by Crippen LogP contribution is -2.33. The Bertz CT molecular complexity index is 793. The highest BCUT2D eigenvalue weighted by Gasteiger charge is 2.22. The minimum atomic E-state index is -0.128. The molecule has 0 saturated carbocycles. The molecule has 140 valence electrons. The number of nitrogens with zero attached hydrogens (tertiary/aromatic N) is 3. The van der Waals surface area contributed by atoms with Crippen molar-refractivity contribution in [2.24, 2.45) is 5.92 Å². The van der Waals surface area contributed by atoms with Crippen molar-refractivity contribution in [1.82, 2.24) is 20.2 Å². The van der Waals surface area contributed by atoms with Gasteiger partial charge in [-0.05, 0) is 30.5 Å². The summed E-state index contributed by atoms with van der Waals surface area (Å²) in [6.07, 6.45) is 0. The molecule has 1 aromatic carbocycles. The number of hydrogen-bond donors (Lipinski definition) is 2. The Kier molecular flexibility index (Phi) is 5.55. The Labute approximate surface area is 156 Å². The average Bonchev–Trinajstić information content (AvgIpc) is 2.95. The monoisotopic (exact) mass is 377 g/mol. The normalized spacial score (nSPS) is 14.3. The van der Waals surface area contributed by atoms with Crippen LogP contribution in [-0.4, -0.2) is 39.7 Å². The molecule has 8 nitrogen and oxygen atoms in total. The number of carbonyl (C=O) groups is 1. The largest absolute Gasteiger partial charge is 0.486 e. The van der Waals surface area contributed by atoms with E-state index >= 15 is 0 Å². The predicted octanol–water partition coefficient (Wildman–Crippen LogP) is 1.68. The van der Waals surface area contributed by atoms with E-state index in [1.165, 1.54) is 16.4 Å². The van der Waals surface area contributed by atoms with Crippen LogP contribution in [0.5, 0.6) is 11.5 Å². The Hall–Kier alpha value is -2.42. The van der Waals surface area contributed by atoms with Crippen LogP contribution >= 0.6 is 11.8 Å². The molecule has 3 N–H and O–H groups in total. The number of thioether (sulfide) groups is 1. The van der Waals surface area contributed by atoms with Crippen LogP contribution in [0.3, 0.4) is 0 Å². The Morgan fingerprint density at radius 2 is 2.04 bits per heavy atom. The van der Waals surface area contributed by atoms with Crippen molar-refractivity contribution in [2.45, 2.75) is 32.0 Å². The van der Waals surface area contributed by atoms with Gasteiger partial charge in [0.1, 0.15) is 19.0 Å². The first-order valence-corrected chi connectivity index (χ1v) is 9.43. The van der Waals surface area contributed by atoms with Crippen LogP contribution < -0.4 is 20.6 Å². The number of ether oxygens (including phenoxy) is 2. The molecule has 0 fully saturated rings. The first-order chi connectivity index (χ1) is 12.5. The van der Waals surface area contributed by atoms with Gasteiger partial charge in [0.05, 0.1) is 11.8 Å². The maximum atomic E-state index is 12.4. The van der Waals surface area contributed by atoms with Crippen molar-refractivity contribution < 1.29 is 14.3 Å². The maximum Gasteiger partial charge on any atom is 0.230 e. The molecule has 1 aliphatic rings. The standard InChI is InChI=1S/C17H23N5O3S/c1-10(2)16(12-4-5-13-14(8-12)25-7-6-24-13)19-15(23)9-26-17-21-20-11(3)22(17)18/h4-5,8,10,16H,6-7,9,18H2,1-3H3,(H,19,23)/t16-/m1/s1. The fraction of sp³-hybridized carbons (Fsp3) is 0.471. The number of fused-ring (bicyclic) bond motifs is 1. The van der Waals surface area contributed by atoms with Gasteiger partial charge in [-0.2, -0.15) is 0 Å². The van der Waals surface area contributed by atoms with Crippen molar-refractivity contribution in [1.29, 1.82) is 0 Å². The molecule has 1 amide bonds. The van der Waals surface area contributed by atoms with Gasteiger partial charge in [0.15, 0.2) is 11.5 Å². The number of nitrogens with two attached hydrogens (primary N) is 1. The van der Waals surface area contributed by atoms with Crippen LogP contribution in [-0.2, 0) is 4.79 Å². The van der Waals surface area contributed by atoms with E-state index in [0.29, 0.717) is 24.2 Å². The summed E-state index contributed by atoms with van der Waals surface area (Å²) in [5, 5.41) is 11.4. The lowest BCUT2D eigenvalue weighted by Gasteiger charge is -2.25. The van der Waals surface area contributed by atoms with Crippen molar-refractivity contribution in [2.75, 3.05) is 24.8 Å². The Morgan fingerprint density at radius 1 is 1.31 bits per heavy atom. The predicted molar refractivity (Wildman–Crippen MR) is 98.8 cm³/mol. The summed E-state index contributed by atoms with van der Waals surface area (Å²) < 4.78 is 12.6. The highest BCUT2D eigenvalue weighted by atomic mass is 32.2. The number of rotatable bonds is 6. The van der Waals surface area contributed by atoms with Crippen molar-refractivity contribution >= 4 is 17.7 Å². The van der Waals surface area contributed by atoms with Gasteiger partial charge in [0.2, 0.25) is 11.1 Å².